The minimum absolute atomic E-state index is 0.390. The number of piperidine rings is 1. The molecule has 3 atom stereocenters. The molecule has 0 saturated carbocycles. The first kappa shape index (κ1) is 19.2. The molecule has 0 unspecified atom stereocenters. The van der Waals surface area contributed by atoms with Crippen LogP contribution >= 0.6 is 0 Å². The summed E-state index contributed by atoms with van der Waals surface area (Å²) in [7, 11) is 0. The van der Waals surface area contributed by atoms with Gasteiger partial charge in [0.1, 0.15) is 25.0 Å². The summed E-state index contributed by atoms with van der Waals surface area (Å²) in [5, 5.41) is 10.2. The maximum Gasteiger partial charge on any atom is 0.126 e. The molecule has 0 aromatic heterocycles. The van der Waals surface area contributed by atoms with E-state index in [-0.39, 0.29) is 6.10 Å². The Hall–Kier alpha value is -1.10. The first-order valence-corrected chi connectivity index (χ1v) is 9.23. The molecular formula is C20H34NO3+. The van der Waals surface area contributed by atoms with Gasteiger partial charge in [0.15, 0.2) is 0 Å². The van der Waals surface area contributed by atoms with E-state index in [2.05, 4.69) is 33.8 Å². The Bertz CT molecular complexity index is 496. The van der Waals surface area contributed by atoms with Gasteiger partial charge in [-0.3, -0.25) is 0 Å². The van der Waals surface area contributed by atoms with Crippen LogP contribution < -0.4 is 9.64 Å². The Labute approximate surface area is 146 Å². The third kappa shape index (κ3) is 6.42. The highest BCUT2D eigenvalue weighted by molar-refractivity contribution is 5.33. The van der Waals surface area contributed by atoms with E-state index < -0.39 is 0 Å². The highest BCUT2D eigenvalue weighted by Gasteiger charge is 2.26. The lowest BCUT2D eigenvalue weighted by molar-refractivity contribution is -0.915. The summed E-state index contributed by atoms with van der Waals surface area (Å²) in [6.07, 6.45) is 0.922. The van der Waals surface area contributed by atoms with Crippen LogP contribution in [0.4, 0.5) is 0 Å². The zero-order valence-corrected chi connectivity index (χ0v) is 15.7. The maximum absolute atomic E-state index is 10.2. The Morgan fingerprint density at radius 1 is 1.12 bits per heavy atom. The smallest absolute Gasteiger partial charge is 0.126 e. The molecule has 2 rings (SSSR count). The number of ether oxygens (including phenoxy) is 2. The third-order valence-electron chi connectivity index (χ3n) is 4.89. The van der Waals surface area contributed by atoms with Crippen molar-refractivity contribution in [2.75, 3.05) is 39.5 Å². The van der Waals surface area contributed by atoms with E-state index in [0.717, 1.165) is 37.2 Å². The fourth-order valence-electron chi connectivity index (χ4n) is 3.72. The average Bonchev–Trinajstić information content (AvgIpc) is 2.49. The van der Waals surface area contributed by atoms with Gasteiger partial charge >= 0.3 is 0 Å². The van der Waals surface area contributed by atoms with Crippen molar-refractivity contribution in [3.05, 3.63) is 29.3 Å². The van der Waals surface area contributed by atoms with Crippen LogP contribution in [-0.2, 0) is 4.74 Å². The molecular weight excluding hydrogens is 302 g/mol. The Balaban J connectivity index is 1.59. The van der Waals surface area contributed by atoms with Crippen LogP contribution in [0.5, 0.6) is 5.75 Å². The Morgan fingerprint density at radius 3 is 2.50 bits per heavy atom. The SMILES string of the molecule is Cc1ccc(OCCOC[C@H](O)C[NH+]2C[C@@H](C)C[C@H](C)C2)cc1C. The van der Waals surface area contributed by atoms with E-state index in [1.54, 1.807) is 0 Å². The largest absolute Gasteiger partial charge is 0.491 e. The first-order valence-electron chi connectivity index (χ1n) is 9.23. The second-order valence-electron chi connectivity index (χ2n) is 7.63. The summed E-state index contributed by atoms with van der Waals surface area (Å²) < 4.78 is 11.3. The van der Waals surface area contributed by atoms with Gasteiger partial charge in [0.05, 0.1) is 26.3 Å². The predicted molar refractivity (Wildman–Crippen MR) is 96.7 cm³/mol. The number of aliphatic hydroxyl groups excluding tert-OH is 1. The van der Waals surface area contributed by atoms with Crippen LogP contribution in [0.1, 0.15) is 31.4 Å². The second-order valence-corrected chi connectivity index (χ2v) is 7.63. The molecule has 0 bridgehead atoms. The number of quaternary nitrogens is 1. The lowest BCUT2D eigenvalue weighted by Gasteiger charge is -2.33. The van der Waals surface area contributed by atoms with Crippen LogP contribution in [-0.4, -0.2) is 50.7 Å². The van der Waals surface area contributed by atoms with E-state index >= 15 is 0 Å². The number of hydrogen-bond acceptors (Lipinski definition) is 3. The number of aliphatic hydroxyl groups is 1. The summed E-state index contributed by atoms with van der Waals surface area (Å²) in [5.74, 6) is 2.38. The zero-order valence-electron chi connectivity index (χ0n) is 15.7. The van der Waals surface area contributed by atoms with Crippen molar-refractivity contribution in [1.82, 2.24) is 0 Å². The van der Waals surface area contributed by atoms with Gasteiger partial charge in [-0.05, 0) is 43.5 Å². The van der Waals surface area contributed by atoms with Gasteiger partial charge in [0, 0.05) is 11.8 Å². The van der Waals surface area contributed by atoms with Gasteiger partial charge in [-0.2, -0.15) is 0 Å². The van der Waals surface area contributed by atoms with Crippen molar-refractivity contribution < 1.29 is 19.5 Å². The van der Waals surface area contributed by atoms with Crippen LogP contribution in [0.25, 0.3) is 0 Å². The Kier molecular flexibility index (Phi) is 7.53. The summed E-state index contributed by atoms with van der Waals surface area (Å²) in [6.45, 7) is 13.3. The number of benzene rings is 1. The molecule has 4 heteroatoms. The van der Waals surface area contributed by atoms with Crippen LogP contribution in [0, 0.1) is 25.7 Å². The van der Waals surface area contributed by atoms with Crippen LogP contribution in [0.3, 0.4) is 0 Å². The van der Waals surface area contributed by atoms with E-state index in [0.29, 0.717) is 19.8 Å². The number of likely N-dealkylation sites (tertiary alicyclic amines) is 1. The molecule has 1 saturated heterocycles. The summed E-state index contributed by atoms with van der Waals surface area (Å²) >= 11 is 0. The van der Waals surface area contributed by atoms with Crippen molar-refractivity contribution in [2.24, 2.45) is 11.8 Å². The summed E-state index contributed by atoms with van der Waals surface area (Å²) in [5.41, 5.74) is 2.50. The fourth-order valence-corrected chi connectivity index (χ4v) is 3.72. The van der Waals surface area contributed by atoms with Gasteiger partial charge in [-0.25, -0.2) is 0 Å². The standard InChI is InChI=1S/C20H33NO3/c1-15-9-16(2)12-21(11-15)13-19(22)14-23-7-8-24-20-6-5-17(3)18(4)10-20/h5-6,10,15-16,19,22H,7-9,11-14H2,1-4H3/p+1/t15-,16-,19+/m0/s1. The zero-order chi connectivity index (χ0) is 17.5. The van der Waals surface area contributed by atoms with Crippen LogP contribution in [0.15, 0.2) is 18.2 Å². The molecule has 1 fully saturated rings. The van der Waals surface area contributed by atoms with Crippen LogP contribution in [0.2, 0.25) is 0 Å². The minimum Gasteiger partial charge on any atom is -0.491 e. The lowest BCUT2D eigenvalue weighted by atomic mass is 9.92. The quantitative estimate of drug-likeness (QED) is 0.709. The topological polar surface area (TPSA) is 43.1 Å². The summed E-state index contributed by atoms with van der Waals surface area (Å²) in [4.78, 5) is 1.50. The van der Waals surface area contributed by atoms with Gasteiger partial charge in [-0.1, -0.05) is 19.9 Å². The van der Waals surface area contributed by atoms with E-state index in [1.807, 2.05) is 12.1 Å². The molecule has 1 aliphatic rings. The van der Waals surface area contributed by atoms with Crippen molar-refractivity contribution >= 4 is 0 Å². The molecule has 0 spiro atoms. The number of nitrogens with one attached hydrogen (secondary N) is 1. The highest BCUT2D eigenvalue weighted by atomic mass is 16.5. The molecule has 1 aliphatic heterocycles. The van der Waals surface area contributed by atoms with E-state index in [4.69, 9.17) is 9.47 Å². The molecule has 24 heavy (non-hydrogen) atoms. The number of rotatable bonds is 8. The van der Waals surface area contributed by atoms with Gasteiger partial charge in [-0.15, -0.1) is 0 Å². The minimum atomic E-state index is -0.390. The second kappa shape index (κ2) is 9.40. The van der Waals surface area contributed by atoms with Crippen molar-refractivity contribution in [2.45, 2.75) is 40.2 Å². The van der Waals surface area contributed by atoms with Crippen molar-refractivity contribution in [3.8, 4) is 5.75 Å². The molecule has 0 radical (unpaired) electrons. The first-order chi connectivity index (χ1) is 11.4. The average molecular weight is 336 g/mol. The molecule has 0 amide bonds. The van der Waals surface area contributed by atoms with Crippen molar-refractivity contribution in [1.29, 1.82) is 0 Å². The Morgan fingerprint density at radius 2 is 1.83 bits per heavy atom. The lowest BCUT2D eigenvalue weighted by Crippen LogP contribution is -3.15. The van der Waals surface area contributed by atoms with Gasteiger partial charge in [0.25, 0.3) is 0 Å². The molecule has 136 valence electrons. The number of hydrogen-bond donors (Lipinski definition) is 2. The van der Waals surface area contributed by atoms with E-state index in [1.165, 1.54) is 22.4 Å². The predicted octanol–water partition coefficient (Wildman–Crippen LogP) is 1.62. The van der Waals surface area contributed by atoms with E-state index in [9.17, 15) is 5.11 Å². The monoisotopic (exact) mass is 336 g/mol. The van der Waals surface area contributed by atoms with Gasteiger partial charge < -0.3 is 19.5 Å². The molecule has 1 aromatic rings. The fraction of sp³-hybridized carbons (Fsp3) is 0.700. The molecule has 1 aromatic carbocycles. The van der Waals surface area contributed by atoms with Crippen molar-refractivity contribution in [3.63, 3.8) is 0 Å². The molecule has 1 heterocycles. The highest BCUT2D eigenvalue weighted by Crippen LogP contribution is 2.16. The normalized spacial score (nSPS) is 25.5. The number of aryl methyl sites for hydroxylation is 2. The third-order valence-corrected chi connectivity index (χ3v) is 4.89. The molecule has 4 nitrogen and oxygen atoms in total. The molecule has 2 N–H and O–H groups in total. The van der Waals surface area contributed by atoms with Gasteiger partial charge in [0.2, 0.25) is 0 Å². The molecule has 0 aliphatic carbocycles. The maximum atomic E-state index is 10.2. The summed E-state index contributed by atoms with van der Waals surface area (Å²) in [6, 6.07) is 6.10.